The van der Waals surface area contributed by atoms with Crippen LogP contribution in [0.2, 0.25) is 0 Å². The summed E-state index contributed by atoms with van der Waals surface area (Å²) in [6, 6.07) is 22.9. The number of benzene rings is 4. The average Bonchev–Trinajstić information content (AvgIpc) is 3.31. The zero-order valence-corrected chi connectivity index (χ0v) is 24.7. The minimum Gasteiger partial charge on any atom is -0.496 e. The molecular weight excluding hydrogens is 548 g/mol. The fourth-order valence-corrected chi connectivity index (χ4v) is 6.67. The largest absolute Gasteiger partial charge is 0.496 e. The summed E-state index contributed by atoms with van der Waals surface area (Å²) in [7, 11) is 1.59. The highest BCUT2D eigenvalue weighted by Crippen LogP contribution is 2.40. The molecule has 0 fully saturated rings. The summed E-state index contributed by atoms with van der Waals surface area (Å²) in [5.74, 6) is 0.746. The van der Waals surface area contributed by atoms with Gasteiger partial charge in [0.25, 0.3) is 5.56 Å². The number of rotatable bonds is 7. The van der Waals surface area contributed by atoms with Crippen LogP contribution in [0.3, 0.4) is 0 Å². The topological polar surface area (TPSA) is 79.1 Å². The van der Waals surface area contributed by atoms with Crippen molar-refractivity contribution in [2.45, 2.75) is 26.8 Å². The first-order valence-corrected chi connectivity index (χ1v) is 14.7. The molecule has 0 spiro atoms. The number of esters is 1. The van der Waals surface area contributed by atoms with Crippen molar-refractivity contribution in [2.24, 2.45) is 4.99 Å². The lowest BCUT2D eigenvalue weighted by Crippen LogP contribution is -2.40. The Kier molecular flexibility index (Phi) is 7.39. The van der Waals surface area contributed by atoms with Crippen LogP contribution >= 0.6 is 11.3 Å². The minimum absolute atomic E-state index is 0.195. The number of hydrogen-bond acceptors (Lipinski definition) is 7. The van der Waals surface area contributed by atoms with Gasteiger partial charge in [0, 0.05) is 11.1 Å². The van der Waals surface area contributed by atoms with Gasteiger partial charge in [-0.1, -0.05) is 72.0 Å². The predicted molar refractivity (Wildman–Crippen MR) is 166 cm³/mol. The van der Waals surface area contributed by atoms with Crippen LogP contribution in [0.25, 0.3) is 27.6 Å². The van der Waals surface area contributed by atoms with Gasteiger partial charge in [0.05, 0.1) is 36.1 Å². The monoisotopic (exact) mass is 578 g/mol. The predicted octanol–water partition coefficient (Wildman–Crippen LogP) is 5.51. The number of hydrogen-bond donors (Lipinski definition) is 0. The Morgan fingerprint density at radius 1 is 0.929 bits per heavy atom. The summed E-state index contributed by atoms with van der Waals surface area (Å²) in [4.78, 5) is 33.1. The maximum absolute atomic E-state index is 14.4. The van der Waals surface area contributed by atoms with Crippen molar-refractivity contribution in [1.82, 2.24) is 4.57 Å². The van der Waals surface area contributed by atoms with Crippen LogP contribution in [-0.4, -0.2) is 30.9 Å². The Labute approximate surface area is 246 Å². The maximum Gasteiger partial charge on any atom is 0.338 e. The number of carbonyl (C=O) groups is 1. The van der Waals surface area contributed by atoms with E-state index in [1.807, 2.05) is 85.8 Å². The molecule has 0 aliphatic carbocycles. The highest BCUT2D eigenvalue weighted by molar-refractivity contribution is 7.07. The summed E-state index contributed by atoms with van der Waals surface area (Å²) < 4.78 is 19.4. The number of methoxy groups -OCH3 is 1. The van der Waals surface area contributed by atoms with Gasteiger partial charge in [0.1, 0.15) is 17.5 Å². The van der Waals surface area contributed by atoms with E-state index in [9.17, 15) is 9.59 Å². The van der Waals surface area contributed by atoms with Crippen molar-refractivity contribution in [3.05, 3.63) is 115 Å². The molecule has 42 heavy (non-hydrogen) atoms. The van der Waals surface area contributed by atoms with E-state index in [2.05, 4.69) is 0 Å². The van der Waals surface area contributed by atoms with E-state index in [4.69, 9.17) is 19.2 Å². The highest BCUT2D eigenvalue weighted by atomic mass is 32.1. The number of thiazole rings is 1. The second-order valence-corrected chi connectivity index (χ2v) is 10.8. The van der Waals surface area contributed by atoms with E-state index in [-0.39, 0.29) is 12.2 Å². The zero-order chi connectivity index (χ0) is 29.4. The lowest BCUT2D eigenvalue weighted by atomic mass is 9.90. The molecule has 4 aromatic carbocycles. The Hall–Kier alpha value is -4.69. The molecule has 0 saturated heterocycles. The molecule has 1 atom stereocenters. The van der Waals surface area contributed by atoms with Crippen molar-refractivity contribution in [2.75, 3.05) is 20.3 Å². The standard InChI is InChI=1S/C34H30N2O5S/c1-5-40-26-17-15-21-11-7-9-13-23(21)25(26)19-28-32(37)36-31(29(33(38)41-6-2)20(3)35-34(36)42-28)30-24-14-10-8-12-22(24)16-18-27(30)39-4/h7-19,31H,5-6H2,1-4H3. The summed E-state index contributed by atoms with van der Waals surface area (Å²) in [5.41, 5.74) is 2.08. The van der Waals surface area contributed by atoms with Crippen molar-refractivity contribution < 1.29 is 19.0 Å². The number of aromatic nitrogens is 1. The SMILES string of the molecule is CCOC(=O)C1=C(C)N=c2sc(=Cc3c(OCC)ccc4ccccc34)c(=O)n2C1c1c(OC)ccc2ccccc12. The molecule has 1 unspecified atom stereocenters. The molecule has 5 aromatic rings. The van der Waals surface area contributed by atoms with Crippen LogP contribution in [0.1, 0.15) is 37.9 Å². The van der Waals surface area contributed by atoms with Gasteiger partial charge in [-0.3, -0.25) is 9.36 Å². The lowest BCUT2D eigenvalue weighted by Gasteiger charge is -2.27. The van der Waals surface area contributed by atoms with Gasteiger partial charge in [0.2, 0.25) is 0 Å². The van der Waals surface area contributed by atoms with E-state index < -0.39 is 12.0 Å². The number of carbonyl (C=O) groups excluding carboxylic acids is 1. The molecule has 0 bridgehead atoms. The van der Waals surface area contributed by atoms with Gasteiger partial charge in [0.15, 0.2) is 4.80 Å². The zero-order valence-electron chi connectivity index (χ0n) is 23.8. The smallest absolute Gasteiger partial charge is 0.338 e. The number of ether oxygens (including phenoxy) is 3. The fourth-order valence-electron chi connectivity index (χ4n) is 5.64. The molecule has 0 amide bonds. The molecule has 0 radical (unpaired) electrons. The van der Waals surface area contributed by atoms with Crippen LogP contribution in [0.15, 0.2) is 93.9 Å². The van der Waals surface area contributed by atoms with Gasteiger partial charge in [-0.2, -0.15) is 0 Å². The van der Waals surface area contributed by atoms with E-state index in [1.54, 1.807) is 25.5 Å². The Balaban J connectivity index is 1.68. The first kappa shape index (κ1) is 27.5. The number of fused-ring (bicyclic) bond motifs is 3. The van der Waals surface area contributed by atoms with Gasteiger partial charge >= 0.3 is 5.97 Å². The summed E-state index contributed by atoms with van der Waals surface area (Å²) >= 11 is 1.29. The molecular formula is C34H30N2O5S. The minimum atomic E-state index is -0.803. The van der Waals surface area contributed by atoms with E-state index in [0.29, 0.717) is 44.3 Å². The molecule has 1 aliphatic heterocycles. The quantitative estimate of drug-likeness (QED) is 0.238. The first-order chi connectivity index (χ1) is 20.5. The number of nitrogens with zero attached hydrogens (tertiary/aromatic N) is 2. The van der Waals surface area contributed by atoms with Crippen LogP contribution < -0.4 is 24.4 Å². The van der Waals surface area contributed by atoms with Crippen molar-refractivity contribution in [3.63, 3.8) is 0 Å². The Morgan fingerprint density at radius 3 is 2.29 bits per heavy atom. The molecule has 0 saturated carbocycles. The van der Waals surface area contributed by atoms with Gasteiger partial charge in [-0.25, -0.2) is 9.79 Å². The third kappa shape index (κ3) is 4.58. The molecule has 8 heteroatoms. The summed E-state index contributed by atoms with van der Waals surface area (Å²) in [6.45, 7) is 6.16. The van der Waals surface area contributed by atoms with E-state index >= 15 is 0 Å². The fraction of sp³-hybridized carbons (Fsp3) is 0.206. The average molecular weight is 579 g/mol. The van der Waals surface area contributed by atoms with Crippen LogP contribution in [-0.2, 0) is 9.53 Å². The van der Waals surface area contributed by atoms with Crippen molar-refractivity contribution in [3.8, 4) is 11.5 Å². The maximum atomic E-state index is 14.4. The molecule has 2 heterocycles. The van der Waals surface area contributed by atoms with Gasteiger partial charge in [-0.05, 0) is 60.5 Å². The molecule has 0 N–H and O–H groups in total. The second-order valence-electron chi connectivity index (χ2n) is 9.84. The van der Waals surface area contributed by atoms with Crippen molar-refractivity contribution in [1.29, 1.82) is 0 Å². The van der Waals surface area contributed by atoms with Crippen molar-refractivity contribution >= 4 is 44.9 Å². The Bertz CT molecular complexity index is 2070. The number of allylic oxidation sites excluding steroid dienone is 1. The molecule has 6 rings (SSSR count). The Morgan fingerprint density at radius 2 is 1.60 bits per heavy atom. The second kappa shape index (κ2) is 11.3. The summed E-state index contributed by atoms with van der Waals surface area (Å²) in [6.07, 6.45) is 1.87. The third-order valence-corrected chi connectivity index (χ3v) is 8.43. The van der Waals surface area contributed by atoms with E-state index in [0.717, 1.165) is 27.1 Å². The third-order valence-electron chi connectivity index (χ3n) is 7.45. The lowest BCUT2D eigenvalue weighted by molar-refractivity contribution is -0.139. The summed E-state index contributed by atoms with van der Waals surface area (Å²) in [5, 5.41) is 3.86. The normalized spacial score (nSPS) is 15.0. The van der Waals surface area contributed by atoms with E-state index in [1.165, 1.54) is 11.3 Å². The van der Waals surface area contributed by atoms with Gasteiger partial charge < -0.3 is 14.2 Å². The highest BCUT2D eigenvalue weighted by Gasteiger charge is 2.36. The molecule has 1 aromatic heterocycles. The molecule has 7 nitrogen and oxygen atoms in total. The first-order valence-electron chi connectivity index (χ1n) is 13.9. The molecule has 212 valence electrons. The van der Waals surface area contributed by atoms with Gasteiger partial charge in [-0.15, -0.1) is 0 Å². The van der Waals surface area contributed by atoms with Crippen LogP contribution in [0.5, 0.6) is 11.5 Å². The van der Waals surface area contributed by atoms with Crippen LogP contribution in [0.4, 0.5) is 0 Å². The van der Waals surface area contributed by atoms with Crippen LogP contribution in [0, 0.1) is 0 Å². The molecule has 1 aliphatic rings.